The average Bonchev–Trinajstić information content (AvgIpc) is 2.97. The van der Waals surface area contributed by atoms with E-state index in [9.17, 15) is 14.4 Å². The molecule has 2 aliphatic rings. The molecule has 2 rings (SSSR count). The van der Waals surface area contributed by atoms with Gasteiger partial charge in [0, 0.05) is 19.0 Å². The first-order valence-electron chi connectivity index (χ1n) is 7.71. The second-order valence-electron chi connectivity index (χ2n) is 5.92. The topological polar surface area (TPSA) is 83.9 Å². The van der Waals surface area contributed by atoms with Crippen molar-refractivity contribution in [1.82, 2.24) is 4.90 Å². The summed E-state index contributed by atoms with van der Waals surface area (Å²) in [5.41, 5.74) is 0. The summed E-state index contributed by atoms with van der Waals surface area (Å²) in [6.45, 7) is 3.19. The summed E-state index contributed by atoms with van der Waals surface area (Å²) in [6, 6.07) is 0. The van der Waals surface area contributed by atoms with Crippen molar-refractivity contribution in [2.24, 2.45) is 17.8 Å². The van der Waals surface area contributed by atoms with Crippen LogP contribution in [0.2, 0.25) is 0 Å². The van der Waals surface area contributed by atoms with Gasteiger partial charge >= 0.3 is 11.9 Å². The minimum Gasteiger partial charge on any atom is -0.481 e. The number of rotatable bonds is 4. The molecule has 21 heavy (non-hydrogen) atoms. The lowest BCUT2D eigenvalue weighted by atomic mass is 9.96. The molecular formula is C15H23NO5. The van der Waals surface area contributed by atoms with Gasteiger partial charge in [0.05, 0.1) is 18.4 Å². The normalized spacial score (nSPS) is 29.2. The highest BCUT2D eigenvalue weighted by atomic mass is 16.5. The van der Waals surface area contributed by atoms with E-state index in [1.165, 1.54) is 0 Å². The summed E-state index contributed by atoms with van der Waals surface area (Å²) in [5, 5.41) is 9.01. The van der Waals surface area contributed by atoms with E-state index in [1.807, 2.05) is 0 Å². The van der Waals surface area contributed by atoms with Crippen LogP contribution in [0.1, 0.15) is 39.0 Å². The predicted octanol–water partition coefficient (Wildman–Crippen LogP) is 1.29. The zero-order valence-corrected chi connectivity index (χ0v) is 12.4. The van der Waals surface area contributed by atoms with Gasteiger partial charge in [-0.25, -0.2) is 0 Å². The molecule has 1 saturated heterocycles. The highest BCUT2D eigenvalue weighted by Crippen LogP contribution is 2.33. The number of esters is 1. The third-order valence-electron chi connectivity index (χ3n) is 4.48. The second kappa shape index (κ2) is 6.91. The van der Waals surface area contributed by atoms with Gasteiger partial charge in [-0.3, -0.25) is 14.4 Å². The van der Waals surface area contributed by atoms with Gasteiger partial charge in [0.1, 0.15) is 0 Å². The van der Waals surface area contributed by atoms with E-state index in [4.69, 9.17) is 9.84 Å². The lowest BCUT2D eigenvalue weighted by molar-refractivity contribution is -0.151. The fourth-order valence-electron chi connectivity index (χ4n) is 3.32. The van der Waals surface area contributed by atoms with Crippen LogP contribution < -0.4 is 0 Å². The lowest BCUT2D eigenvalue weighted by Crippen LogP contribution is -2.45. The van der Waals surface area contributed by atoms with Crippen LogP contribution in [0.5, 0.6) is 0 Å². The molecular weight excluding hydrogens is 274 g/mol. The van der Waals surface area contributed by atoms with Crippen molar-refractivity contribution < 1.29 is 24.2 Å². The molecule has 1 aliphatic heterocycles. The monoisotopic (exact) mass is 297 g/mol. The van der Waals surface area contributed by atoms with Gasteiger partial charge in [0.15, 0.2) is 0 Å². The Bertz CT molecular complexity index is 422. The summed E-state index contributed by atoms with van der Waals surface area (Å²) in [4.78, 5) is 37.0. The van der Waals surface area contributed by atoms with E-state index in [1.54, 1.807) is 11.8 Å². The number of carbonyl (C=O) groups excluding carboxylic acids is 2. The molecule has 0 aromatic carbocycles. The molecule has 0 bridgehead atoms. The molecule has 1 N–H and O–H groups in total. The van der Waals surface area contributed by atoms with Crippen molar-refractivity contribution in [2.75, 3.05) is 19.7 Å². The van der Waals surface area contributed by atoms with Crippen LogP contribution in [0.15, 0.2) is 0 Å². The standard InChI is InChI=1S/C15H23NO5/c1-2-21-15(20)12-4-3-7-16(9-12)13(17)10-5-6-11(8-10)14(18)19/h10-12H,2-9H2,1H3,(H,18,19). The van der Waals surface area contributed by atoms with Crippen LogP contribution >= 0.6 is 0 Å². The van der Waals surface area contributed by atoms with Crippen LogP contribution in [0.3, 0.4) is 0 Å². The Morgan fingerprint density at radius 2 is 1.86 bits per heavy atom. The number of likely N-dealkylation sites (tertiary alicyclic amines) is 1. The first-order valence-corrected chi connectivity index (χ1v) is 7.71. The zero-order valence-electron chi connectivity index (χ0n) is 12.4. The Hall–Kier alpha value is -1.59. The van der Waals surface area contributed by atoms with Crippen LogP contribution in [-0.4, -0.2) is 47.5 Å². The summed E-state index contributed by atoms with van der Waals surface area (Å²) < 4.78 is 5.03. The molecule has 2 fully saturated rings. The molecule has 6 heteroatoms. The van der Waals surface area contributed by atoms with Gasteiger partial charge in [0.2, 0.25) is 5.91 Å². The minimum atomic E-state index is -0.812. The van der Waals surface area contributed by atoms with Crippen molar-refractivity contribution in [3.63, 3.8) is 0 Å². The number of amides is 1. The number of hydrogen-bond acceptors (Lipinski definition) is 4. The van der Waals surface area contributed by atoms with Crippen molar-refractivity contribution in [1.29, 1.82) is 0 Å². The first kappa shape index (κ1) is 15.8. The van der Waals surface area contributed by atoms with Gasteiger partial charge in [-0.05, 0) is 39.0 Å². The SMILES string of the molecule is CCOC(=O)C1CCCN(C(=O)C2CCC(C(=O)O)C2)C1. The Kier molecular flexibility index (Phi) is 5.20. The van der Waals surface area contributed by atoms with Crippen molar-refractivity contribution in [3.8, 4) is 0 Å². The second-order valence-corrected chi connectivity index (χ2v) is 5.92. The molecule has 0 aromatic heterocycles. The Morgan fingerprint density at radius 1 is 1.14 bits per heavy atom. The molecule has 1 amide bonds. The Labute approximate surface area is 124 Å². The van der Waals surface area contributed by atoms with Crippen LogP contribution in [-0.2, 0) is 19.1 Å². The van der Waals surface area contributed by atoms with E-state index in [2.05, 4.69) is 0 Å². The summed E-state index contributed by atoms with van der Waals surface area (Å²) in [7, 11) is 0. The number of ether oxygens (including phenoxy) is 1. The van der Waals surface area contributed by atoms with E-state index in [0.717, 1.165) is 12.8 Å². The molecule has 0 spiro atoms. The average molecular weight is 297 g/mol. The van der Waals surface area contributed by atoms with Gasteiger partial charge in [-0.15, -0.1) is 0 Å². The summed E-state index contributed by atoms with van der Waals surface area (Å²) in [6.07, 6.45) is 3.18. The molecule has 3 atom stereocenters. The third kappa shape index (κ3) is 3.74. The van der Waals surface area contributed by atoms with Gasteiger partial charge < -0.3 is 14.7 Å². The Morgan fingerprint density at radius 3 is 2.48 bits per heavy atom. The first-order chi connectivity index (χ1) is 10.0. The number of carbonyl (C=O) groups is 3. The molecule has 3 unspecified atom stereocenters. The number of hydrogen-bond donors (Lipinski definition) is 1. The van der Waals surface area contributed by atoms with Gasteiger partial charge in [0.25, 0.3) is 0 Å². The molecule has 1 saturated carbocycles. The quantitative estimate of drug-likeness (QED) is 0.790. The zero-order chi connectivity index (χ0) is 15.4. The van der Waals surface area contributed by atoms with E-state index in [0.29, 0.717) is 39.0 Å². The number of carboxylic acids is 1. The molecule has 1 heterocycles. The third-order valence-corrected chi connectivity index (χ3v) is 4.48. The number of piperidine rings is 1. The molecule has 1 aliphatic carbocycles. The predicted molar refractivity (Wildman–Crippen MR) is 74.4 cm³/mol. The molecule has 0 radical (unpaired) electrons. The van der Waals surface area contributed by atoms with Crippen LogP contribution in [0, 0.1) is 17.8 Å². The fraction of sp³-hybridized carbons (Fsp3) is 0.800. The van der Waals surface area contributed by atoms with Gasteiger partial charge in [-0.2, -0.15) is 0 Å². The fourth-order valence-corrected chi connectivity index (χ4v) is 3.32. The van der Waals surface area contributed by atoms with E-state index in [-0.39, 0.29) is 23.7 Å². The summed E-state index contributed by atoms with van der Waals surface area (Å²) in [5.74, 6) is -1.87. The highest BCUT2D eigenvalue weighted by molar-refractivity contribution is 5.82. The van der Waals surface area contributed by atoms with Crippen molar-refractivity contribution >= 4 is 17.8 Å². The van der Waals surface area contributed by atoms with Crippen LogP contribution in [0.4, 0.5) is 0 Å². The van der Waals surface area contributed by atoms with Crippen molar-refractivity contribution in [2.45, 2.75) is 39.0 Å². The van der Waals surface area contributed by atoms with Crippen molar-refractivity contribution in [3.05, 3.63) is 0 Å². The molecule has 0 aromatic rings. The highest BCUT2D eigenvalue weighted by Gasteiger charge is 2.38. The number of nitrogens with zero attached hydrogens (tertiary/aromatic N) is 1. The molecule has 118 valence electrons. The molecule has 6 nitrogen and oxygen atoms in total. The maximum atomic E-state index is 12.5. The lowest BCUT2D eigenvalue weighted by Gasteiger charge is -2.33. The maximum Gasteiger partial charge on any atom is 0.310 e. The minimum absolute atomic E-state index is 0.00717. The Balaban J connectivity index is 1.90. The van der Waals surface area contributed by atoms with Gasteiger partial charge in [-0.1, -0.05) is 0 Å². The van der Waals surface area contributed by atoms with E-state index < -0.39 is 11.9 Å². The largest absolute Gasteiger partial charge is 0.481 e. The number of aliphatic carboxylic acids is 1. The maximum absolute atomic E-state index is 12.5. The van der Waals surface area contributed by atoms with Crippen LogP contribution in [0.25, 0.3) is 0 Å². The summed E-state index contributed by atoms with van der Waals surface area (Å²) >= 11 is 0. The number of carboxylic acid groups (broad SMARTS) is 1. The van der Waals surface area contributed by atoms with E-state index >= 15 is 0 Å². The smallest absolute Gasteiger partial charge is 0.310 e.